The van der Waals surface area contributed by atoms with E-state index >= 15 is 0 Å². The highest BCUT2D eigenvalue weighted by Gasteiger charge is 2.23. The fourth-order valence-electron chi connectivity index (χ4n) is 3.75. The maximum absolute atomic E-state index is 12.8. The number of ether oxygens (including phenoxy) is 1. The maximum atomic E-state index is 12.8. The van der Waals surface area contributed by atoms with E-state index < -0.39 is 10.8 Å². The molecule has 1 aliphatic rings. The fraction of sp³-hybridized carbons (Fsp3) is 0.174. The van der Waals surface area contributed by atoms with E-state index in [9.17, 15) is 14.9 Å². The molecule has 0 radical (unpaired) electrons. The minimum Gasteiger partial charge on any atom is -0.378 e. The van der Waals surface area contributed by atoms with Crippen molar-refractivity contribution in [2.75, 3.05) is 36.5 Å². The van der Waals surface area contributed by atoms with Gasteiger partial charge < -0.3 is 15.0 Å². The Labute approximate surface area is 188 Å². The summed E-state index contributed by atoms with van der Waals surface area (Å²) in [6.07, 6.45) is 0. The van der Waals surface area contributed by atoms with E-state index in [2.05, 4.69) is 15.5 Å². The number of fused-ring (bicyclic) bond motifs is 1. The maximum Gasteiger partial charge on any atom is 0.293 e. The number of carbonyl (C=O) groups excluding carboxylic acids is 1. The molecule has 1 aliphatic heterocycles. The van der Waals surface area contributed by atoms with Gasteiger partial charge in [-0.1, -0.05) is 18.2 Å². The van der Waals surface area contributed by atoms with Crippen molar-refractivity contribution in [3.05, 3.63) is 82.4 Å². The van der Waals surface area contributed by atoms with Gasteiger partial charge in [0, 0.05) is 30.4 Å². The molecular formula is C23H20N6O4. The van der Waals surface area contributed by atoms with Crippen molar-refractivity contribution in [1.82, 2.24) is 15.0 Å². The third-order valence-electron chi connectivity index (χ3n) is 5.41. The molecule has 1 fully saturated rings. The highest BCUT2D eigenvalue weighted by Crippen LogP contribution is 2.30. The molecule has 4 aromatic rings. The fourth-order valence-corrected chi connectivity index (χ4v) is 3.75. The molecule has 10 heteroatoms. The number of nitrogens with zero attached hydrogens (tertiary/aromatic N) is 5. The number of benzene rings is 3. The van der Waals surface area contributed by atoms with Crippen molar-refractivity contribution in [2.45, 2.75) is 0 Å². The first-order valence-electron chi connectivity index (χ1n) is 10.4. The lowest BCUT2D eigenvalue weighted by Crippen LogP contribution is -2.36. The van der Waals surface area contributed by atoms with Crippen LogP contribution in [0.4, 0.5) is 17.1 Å². The molecule has 0 bridgehead atoms. The van der Waals surface area contributed by atoms with E-state index in [0.717, 1.165) is 5.69 Å². The SMILES string of the molecule is O=C(Nc1ccc2nn(-c3ccccc3)nc2c1)c1ccc(N2CCOCC2)c([N+](=O)[O-])c1. The summed E-state index contributed by atoms with van der Waals surface area (Å²) in [6.45, 7) is 2.15. The third-order valence-corrected chi connectivity index (χ3v) is 5.41. The molecule has 0 atom stereocenters. The van der Waals surface area contributed by atoms with Crippen LogP contribution in [-0.4, -0.2) is 52.1 Å². The smallest absolute Gasteiger partial charge is 0.293 e. The first kappa shape index (κ1) is 20.6. The molecule has 5 rings (SSSR count). The highest BCUT2D eigenvalue weighted by molar-refractivity contribution is 6.05. The van der Waals surface area contributed by atoms with Crippen LogP contribution in [0.5, 0.6) is 0 Å². The number of anilines is 2. The molecule has 0 saturated carbocycles. The molecule has 1 amide bonds. The first-order chi connectivity index (χ1) is 16.1. The van der Waals surface area contributed by atoms with E-state index in [0.29, 0.717) is 48.7 Å². The monoisotopic (exact) mass is 444 g/mol. The van der Waals surface area contributed by atoms with Crippen molar-refractivity contribution < 1.29 is 14.5 Å². The van der Waals surface area contributed by atoms with Crippen molar-refractivity contribution in [3.63, 3.8) is 0 Å². The molecule has 1 saturated heterocycles. The van der Waals surface area contributed by atoms with Crippen LogP contribution >= 0.6 is 0 Å². The highest BCUT2D eigenvalue weighted by atomic mass is 16.6. The number of para-hydroxylation sites is 1. The number of nitro benzene ring substituents is 1. The van der Waals surface area contributed by atoms with Crippen molar-refractivity contribution >= 4 is 34.0 Å². The molecule has 166 valence electrons. The number of carbonyl (C=O) groups is 1. The van der Waals surface area contributed by atoms with Crippen molar-refractivity contribution in [3.8, 4) is 5.69 Å². The molecule has 10 nitrogen and oxygen atoms in total. The Bertz CT molecular complexity index is 1330. The number of hydrogen-bond donors (Lipinski definition) is 1. The minimum atomic E-state index is -0.463. The average molecular weight is 444 g/mol. The molecule has 3 aromatic carbocycles. The number of hydrogen-bond acceptors (Lipinski definition) is 7. The number of nitrogens with one attached hydrogen (secondary N) is 1. The Morgan fingerprint density at radius 2 is 1.73 bits per heavy atom. The number of amides is 1. The third kappa shape index (κ3) is 4.23. The summed E-state index contributed by atoms with van der Waals surface area (Å²) in [6, 6.07) is 19.2. The predicted molar refractivity (Wildman–Crippen MR) is 123 cm³/mol. The number of rotatable bonds is 5. The van der Waals surface area contributed by atoms with Crippen LogP contribution in [0.25, 0.3) is 16.7 Å². The number of aromatic nitrogens is 3. The van der Waals surface area contributed by atoms with Crippen LogP contribution in [0.15, 0.2) is 66.7 Å². The lowest BCUT2D eigenvalue weighted by Gasteiger charge is -2.28. The lowest BCUT2D eigenvalue weighted by molar-refractivity contribution is -0.384. The predicted octanol–water partition coefficient (Wildman–Crippen LogP) is 3.42. The Balaban J connectivity index is 1.38. The van der Waals surface area contributed by atoms with Crippen LogP contribution in [-0.2, 0) is 4.74 Å². The summed E-state index contributed by atoms with van der Waals surface area (Å²) in [5.41, 5.74) is 3.23. The average Bonchev–Trinajstić information content (AvgIpc) is 3.28. The van der Waals surface area contributed by atoms with Crippen molar-refractivity contribution in [2.24, 2.45) is 0 Å². The van der Waals surface area contributed by atoms with Gasteiger partial charge in [-0.25, -0.2) is 0 Å². The van der Waals surface area contributed by atoms with E-state index in [1.165, 1.54) is 10.9 Å². The van der Waals surface area contributed by atoms with Gasteiger partial charge in [0.25, 0.3) is 11.6 Å². The minimum absolute atomic E-state index is 0.106. The molecule has 1 N–H and O–H groups in total. The molecule has 0 aliphatic carbocycles. The Hall–Kier alpha value is -4.31. The zero-order valence-electron chi connectivity index (χ0n) is 17.5. The summed E-state index contributed by atoms with van der Waals surface area (Å²) >= 11 is 0. The topological polar surface area (TPSA) is 115 Å². The standard InChI is InChI=1S/C23H20N6O4/c30-23(16-6-9-21(22(14-16)29(31)32)27-10-12-33-13-11-27)24-17-7-8-19-20(15-17)26-28(25-19)18-4-2-1-3-5-18/h1-9,14-15H,10-13H2,(H,24,30). The molecule has 2 heterocycles. The van der Waals surface area contributed by atoms with E-state index in [4.69, 9.17) is 4.74 Å². The Kier molecular flexibility index (Phi) is 5.41. The molecular weight excluding hydrogens is 424 g/mol. The van der Waals surface area contributed by atoms with Gasteiger partial charge in [0.15, 0.2) is 0 Å². The van der Waals surface area contributed by atoms with Gasteiger partial charge in [-0.05, 0) is 42.5 Å². The molecule has 33 heavy (non-hydrogen) atoms. The van der Waals surface area contributed by atoms with Gasteiger partial charge in [0.1, 0.15) is 16.7 Å². The Morgan fingerprint density at radius 3 is 2.48 bits per heavy atom. The van der Waals surface area contributed by atoms with Crippen LogP contribution in [0.1, 0.15) is 10.4 Å². The summed E-state index contributed by atoms with van der Waals surface area (Å²) in [4.78, 5) is 27.5. The first-order valence-corrected chi connectivity index (χ1v) is 10.4. The van der Waals surface area contributed by atoms with Crippen LogP contribution in [0.3, 0.4) is 0 Å². The van der Waals surface area contributed by atoms with E-state index in [-0.39, 0.29) is 11.3 Å². The van der Waals surface area contributed by atoms with E-state index in [1.807, 2.05) is 35.2 Å². The van der Waals surface area contributed by atoms with Crippen LogP contribution in [0, 0.1) is 10.1 Å². The van der Waals surface area contributed by atoms with E-state index in [1.54, 1.807) is 30.3 Å². The van der Waals surface area contributed by atoms with Crippen molar-refractivity contribution in [1.29, 1.82) is 0 Å². The Morgan fingerprint density at radius 1 is 0.970 bits per heavy atom. The molecule has 0 unspecified atom stereocenters. The lowest BCUT2D eigenvalue weighted by atomic mass is 10.1. The zero-order valence-corrected chi connectivity index (χ0v) is 17.5. The second-order valence-electron chi connectivity index (χ2n) is 7.54. The zero-order chi connectivity index (χ0) is 22.8. The van der Waals surface area contributed by atoms with Gasteiger partial charge in [-0.2, -0.15) is 4.80 Å². The molecule has 0 spiro atoms. The quantitative estimate of drug-likeness (QED) is 0.370. The summed E-state index contributed by atoms with van der Waals surface area (Å²) < 4.78 is 5.32. The normalized spacial score (nSPS) is 13.8. The second kappa shape index (κ2) is 8.67. The van der Waals surface area contributed by atoms with Crippen LogP contribution < -0.4 is 10.2 Å². The summed E-state index contributed by atoms with van der Waals surface area (Å²) in [5.74, 6) is -0.443. The second-order valence-corrected chi connectivity index (χ2v) is 7.54. The van der Waals surface area contributed by atoms with Crippen LogP contribution in [0.2, 0.25) is 0 Å². The van der Waals surface area contributed by atoms with Gasteiger partial charge >= 0.3 is 0 Å². The summed E-state index contributed by atoms with van der Waals surface area (Å²) in [7, 11) is 0. The van der Waals surface area contributed by atoms with Gasteiger partial charge in [-0.3, -0.25) is 14.9 Å². The largest absolute Gasteiger partial charge is 0.378 e. The summed E-state index contributed by atoms with van der Waals surface area (Å²) in [5, 5.41) is 23.4. The number of morpholine rings is 1. The number of nitro groups is 1. The molecule has 1 aromatic heterocycles. The van der Waals surface area contributed by atoms with Gasteiger partial charge in [0.2, 0.25) is 0 Å². The van der Waals surface area contributed by atoms with Gasteiger partial charge in [-0.15, -0.1) is 10.2 Å². The van der Waals surface area contributed by atoms with Gasteiger partial charge in [0.05, 0.1) is 23.8 Å².